The highest BCUT2D eigenvalue weighted by molar-refractivity contribution is 5.94. The first kappa shape index (κ1) is 11.9. The van der Waals surface area contributed by atoms with Crippen molar-refractivity contribution in [3.8, 4) is 0 Å². The molecule has 20 heavy (non-hydrogen) atoms. The van der Waals surface area contributed by atoms with Crippen LogP contribution in [0, 0.1) is 5.92 Å². The van der Waals surface area contributed by atoms with Crippen molar-refractivity contribution in [3.05, 3.63) is 30.1 Å². The summed E-state index contributed by atoms with van der Waals surface area (Å²) in [6.07, 6.45) is 4.12. The summed E-state index contributed by atoms with van der Waals surface area (Å²) in [4.78, 5) is 22.2. The van der Waals surface area contributed by atoms with Crippen LogP contribution in [0.1, 0.15) is 23.3 Å². The summed E-state index contributed by atoms with van der Waals surface area (Å²) in [5.41, 5.74) is 2.31. The average molecular weight is 270 g/mol. The fraction of sp³-hybridized carbons (Fsp3) is 0.467. The lowest BCUT2D eigenvalue weighted by molar-refractivity contribution is 0.0908. The van der Waals surface area contributed by atoms with Crippen LogP contribution in [0.2, 0.25) is 0 Å². The lowest BCUT2D eigenvalue weighted by Gasteiger charge is -2.28. The zero-order valence-electron chi connectivity index (χ0n) is 11.5. The number of H-pyrrole nitrogens is 1. The number of nitrogens with zero attached hydrogens (tertiary/aromatic N) is 2. The van der Waals surface area contributed by atoms with Crippen molar-refractivity contribution < 1.29 is 4.79 Å². The monoisotopic (exact) mass is 270 g/mol. The molecule has 1 saturated heterocycles. The molecule has 2 N–H and O–H groups in total. The molecule has 2 aromatic rings. The molecule has 3 unspecified atom stereocenters. The maximum absolute atomic E-state index is 12.3. The van der Waals surface area contributed by atoms with Gasteiger partial charge in [-0.05, 0) is 44.0 Å². The topological polar surface area (TPSA) is 61.0 Å². The molecular formula is C15H18N4O. The number of hydrogen-bond acceptors (Lipinski definition) is 3. The Bertz CT molecular complexity index is 663. The molecule has 2 aromatic heterocycles. The quantitative estimate of drug-likeness (QED) is 0.867. The van der Waals surface area contributed by atoms with Crippen LogP contribution in [0.3, 0.4) is 0 Å². The van der Waals surface area contributed by atoms with Crippen molar-refractivity contribution in [2.45, 2.75) is 24.9 Å². The summed E-state index contributed by atoms with van der Waals surface area (Å²) >= 11 is 0. The molecule has 2 aliphatic rings. The molecule has 3 heterocycles. The van der Waals surface area contributed by atoms with Gasteiger partial charge in [-0.1, -0.05) is 0 Å². The molecule has 1 aliphatic heterocycles. The highest BCUT2D eigenvalue weighted by Gasteiger charge is 2.43. The largest absolute Gasteiger partial charge is 0.360 e. The predicted molar refractivity (Wildman–Crippen MR) is 76.5 cm³/mol. The zero-order chi connectivity index (χ0) is 13.7. The normalized spacial score (nSPS) is 29.1. The van der Waals surface area contributed by atoms with Gasteiger partial charge >= 0.3 is 0 Å². The molecule has 1 saturated carbocycles. The number of carbonyl (C=O) groups excluding carboxylic acids is 1. The van der Waals surface area contributed by atoms with Crippen LogP contribution >= 0.6 is 0 Å². The molecule has 5 nitrogen and oxygen atoms in total. The first-order chi connectivity index (χ1) is 9.70. The second-order valence-corrected chi connectivity index (χ2v) is 6.01. The van der Waals surface area contributed by atoms with Gasteiger partial charge < -0.3 is 15.2 Å². The van der Waals surface area contributed by atoms with E-state index < -0.39 is 0 Å². The SMILES string of the molecule is CN1CC2CC1CC2NC(=O)c1ccc2[nH]ccc2n1. The van der Waals surface area contributed by atoms with E-state index in [1.54, 1.807) is 6.07 Å². The van der Waals surface area contributed by atoms with Crippen LogP contribution in [-0.2, 0) is 0 Å². The van der Waals surface area contributed by atoms with Gasteiger partial charge in [0.2, 0.25) is 0 Å². The lowest BCUT2D eigenvalue weighted by atomic mass is 10.0. The highest BCUT2D eigenvalue weighted by Crippen LogP contribution is 2.36. The molecule has 1 amide bonds. The first-order valence-corrected chi connectivity index (χ1v) is 7.16. The Kier molecular flexibility index (Phi) is 2.57. The number of pyridine rings is 1. The average Bonchev–Trinajstić information content (AvgIpc) is 3.12. The third-order valence-corrected chi connectivity index (χ3v) is 4.77. The van der Waals surface area contributed by atoms with Crippen LogP contribution in [0.15, 0.2) is 24.4 Å². The van der Waals surface area contributed by atoms with E-state index in [1.807, 2.05) is 18.3 Å². The summed E-state index contributed by atoms with van der Waals surface area (Å²) in [7, 11) is 2.17. The van der Waals surface area contributed by atoms with Gasteiger partial charge in [0.15, 0.2) is 0 Å². The Labute approximate surface area is 117 Å². The molecule has 4 rings (SSSR count). The minimum atomic E-state index is -0.0479. The fourth-order valence-corrected chi connectivity index (χ4v) is 3.66. The van der Waals surface area contributed by atoms with Crippen LogP contribution in [-0.4, -0.2) is 46.5 Å². The zero-order valence-corrected chi connectivity index (χ0v) is 11.5. The van der Waals surface area contributed by atoms with E-state index in [4.69, 9.17) is 0 Å². The van der Waals surface area contributed by atoms with Crippen LogP contribution in [0.25, 0.3) is 11.0 Å². The van der Waals surface area contributed by atoms with E-state index >= 15 is 0 Å². The van der Waals surface area contributed by atoms with Gasteiger partial charge in [-0.15, -0.1) is 0 Å². The Hall–Kier alpha value is -1.88. The van der Waals surface area contributed by atoms with Gasteiger partial charge in [-0.2, -0.15) is 0 Å². The van der Waals surface area contributed by atoms with Crippen molar-refractivity contribution in [2.24, 2.45) is 5.92 Å². The second-order valence-electron chi connectivity index (χ2n) is 6.01. The van der Waals surface area contributed by atoms with Crippen molar-refractivity contribution in [1.82, 2.24) is 20.2 Å². The Morgan fingerprint density at radius 3 is 3.05 bits per heavy atom. The van der Waals surface area contributed by atoms with Crippen LogP contribution < -0.4 is 5.32 Å². The number of aromatic amines is 1. The van der Waals surface area contributed by atoms with Gasteiger partial charge in [-0.3, -0.25) is 4.79 Å². The van der Waals surface area contributed by atoms with E-state index in [2.05, 4.69) is 27.2 Å². The number of nitrogens with one attached hydrogen (secondary N) is 2. The van der Waals surface area contributed by atoms with Crippen molar-refractivity contribution in [3.63, 3.8) is 0 Å². The molecule has 0 radical (unpaired) electrons. The fourth-order valence-electron chi connectivity index (χ4n) is 3.66. The maximum Gasteiger partial charge on any atom is 0.270 e. The minimum Gasteiger partial charge on any atom is -0.360 e. The maximum atomic E-state index is 12.3. The number of likely N-dealkylation sites (tertiary alicyclic amines) is 1. The number of amides is 1. The second kappa shape index (κ2) is 4.31. The van der Waals surface area contributed by atoms with E-state index in [9.17, 15) is 4.79 Å². The molecule has 1 aliphatic carbocycles. The number of carbonyl (C=O) groups is 1. The first-order valence-electron chi connectivity index (χ1n) is 7.16. The third kappa shape index (κ3) is 1.81. The van der Waals surface area contributed by atoms with E-state index in [1.165, 1.54) is 6.42 Å². The van der Waals surface area contributed by atoms with Gasteiger partial charge in [-0.25, -0.2) is 4.98 Å². The molecule has 0 aromatic carbocycles. The molecular weight excluding hydrogens is 252 g/mol. The van der Waals surface area contributed by atoms with Gasteiger partial charge in [0.05, 0.1) is 11.0 Å². The number of fused-ring (bicyclic) bond motifs is 3. The van der Waals surface area contributed by atoms with E-state index in [0.717, 1.165) is 24.0 Å². The van der Waals surface area contributed by atoms with E-state index in [-0.39, 0.29) is 5.91 Å². The van der Waals surface area contributed by atoms with Crippen molar-refractivity contribution in [1.29, 1.82) is 0 Å². The Morgan fingerprint density at radius 1 is 1.40 bits per heavy atom. The summed E-state index contributed by atoms with van der Waals surface area (Å²) in [5.74, 6) is 0.554. The van der Waals surface area contributed by atoms with Crippen molar-refractivity contribution in [2.75, 3.05) is 13.6 Å². The van der Waals surface area contributed by atoms with Gasteiger partial charge in [0.1, 0.15) is 5.69 Å². The lowest BCUT2D eigenvalue weighted by Crippen LogP contribution is -2.44. The highest BCUT2D eigenvalue weighted by atomic mass is 16.1. The van der Waals surface area contributed by atoms with Crippen molar-refractivity contribution >= 4 is 16.9 Å². The molecule has 0 spiro atoms. The minimum absolute atomic E-state index is 0.0479. The molecule has 2 fully saturated rings. The number of piperidine rings is 1. The molecule has 104 valence electrons. The van der Waals surface area contributed by atoms with Gasteiger partial charge in [0, 0.05) is 24.8 Å². The number of aromatic nitrogens is 2. The number of rotatable bonds is 2. The summed E-state index contributed by atoms with van der Waals surface area (Å²) < 4.78 is 0. The Morgan fingerprint density at radius 2 is 2.30 bits per heavy atom. The molecule has 5 heteroatoms. The molecule has 2 bridgehead atoms. The van der Waals surface area contributed by atoms with Crippen LogP contribution in [0.4, 0.5) is 0 Å². The summed E-state index contributed by atoms with van der Waals surface area (Å²) in [6, 6.07) is 6.54. The standard InChI is InChI=1S/C15H18N4O/c1-19-8-9-6-10(19)7-14(9)18-15(20)13-3-2-11-12(17-13)4-5-16-11/h2-5,9-10,14,16H,6-8H2,1H3,(H,18,20). The summed E-state index contributed by atoms with van der Waals surface area (Å²) in [5, 5.41) is 3.17. The van der Waals surface area contributed by atoms with E-state index in [0.29, 0.717) is 23.7 Å². The number of hydrogen-bond donors (Lipinski definition) is 2. The smallest absolute Gasteiger partial charge is 0.270 e. The Balaban J connectivity index is 1.50. The summed E-state index contributed by atoms with van der Waals surface area (Å²) in [6.45, 7) is 1.10. The molecule has 3 atom stereocenters. The van der Waals surface area contributed by atoms with Crippen LogP contribution in [0.5, 0.6) is 0 Å². The predicted octanol–water partition coefficient (Wildman–Crippen LogP) is 1.39. The van der Waals surface area contributed by atoms with Gasteiger partial charge in [0.25, 0.3) is 5.91 Å². The third-order valence-electron chi connectivity index (χ3n) is 4.77.